The van der Waals surface area contributed by atoms with Crippen LogP contribution in [0.5, 0.6) is 0 Å². The van der Waals surface area contributed by atoms with Crippen molar-refractivity contribution in [2.75, 3.05) is 13.1 Å². The first kappa shape index (κ1) is 20.2. The van der Waals surface area contributed by atoms with Gasteiger partial charge in [0.15, 0.2) is 0 Å². The van der Waals surface area contributed by atoms with Gasteiger partial charge in [0.1, 0.15) is 0 Å². The summed E-state index contributed by atoms with van der Waals surface area (Å²) in [6.07, 6.45) is 2.34. The number of fused-ring (bicyclic) bond motifs is 2. The summed E-state index contributed by atoms with van der Waals surface area (Å²) in [6, 6.07) is 10.6. The number of piperidine rings is 1. The molecule has 2 amide bonds. The molecule has 144 valence electrons. The lowest BCUT2D eigenvalue weighted by atomic mass is 9.93. The highest BCUT2D eigenvalue weighted by molar-refractivity contribution is 5.75. The van der Waals surface area contributed by atoms with Crippen LogP contribution in [-0.2, 0) is 4.79 Å². The maximum atomic E-state index is 12.7. The summed E-state index contributed by atoms with van der Waals surface area (Å²) in [5.74, 6) is 0.493. The maximum Gasteiger partial charge on any atom is 0.317 e. The third-order valence-corrected chi connectivity index (χ3v) is 5.30. The van der Waals surface area contributed by atoms with Gasteiger partial charge in [0.05, 0.1) is 6.04 Å². The quantitative estimate of drug-likeness (QED) is 0.771. The van der Waals surface area contributed by atoms with Gasteiger partial charge in [-0.2, -0.15) is 0 Å². The monoisotopic (exact) mass is 361 g/mol. The Kier molecular flexibility index (Phi) is 7.03. The number of amides is 2. The number of carboxylic acids is 1. The zero-order valence-electron chi connectivity index (χ0n) is 15.9. The van der Waals surface area contributed by atoms with Crippen molar-refractivity contribution in [3.05, 3.63) is 35.9 Å². The van der Waals surface area contributed by atoms with Gasteiger partial charge in [0.25, 0.3) is 5.97 Å². The number of aliphatic carboxylic acids is 1. The van der Waals surface area contributed by atoms with E-state index in [0.29, 0.717) is 23.8 Å². The van der Waals surface area contributed by atoms with Crippen molar-refractivity contribution < 1.29 is 14.7 Å². The van der Waals surface area contributed by atoms with E-state index in [4.69, 9.17) is 15.6 Å². The van der Waals surface area contributed by atoms with Gasteiger partial charge in [-0.25, -0.2) is 4.79 Å². The van der Waals surface area contributed by atoms with E-state index in [1.165, 1.54) is 18.4 Å². The number of nitrogens with one attached hydrogen (secondary N) is 1. The van der Waals surface area contributed by atoms with Gasteiger partial charge in [0.2, 0.25) is 0 Å². The molecule has 4 atom stereocenters. The Morgan fingerprint density at radius 2 is 1.65 bits per heavy atom. The van der Waals surface area contributed by atoms with Crippen LogP contribution in [-0.4, -0.2) is 41.1 Å². The molecule has 6 heteroatoms. The third kappa shape index (κ3) is 5.21. The van der Waals surface area contributed by atoms with Gasteiger partial charge >= 0.3 is 6.03 Å². The summed E-state index contributed by atoms with van der Waals surface area (Å²) in [6.45, 7) is 6.99. The fourth-order valence-corrected chi connectivity index (χ4v) is 3.95. The van der Waals surface area contributed by atoms with E-state index in [9.17, 15) is 4.79 Å². The molecule has 1 saturated carbocycles. The molecule has 4 N–H and O–H groups in total. The van der Waals surface area contributed by atoms with Gasteiger partial charge < -0.3 is 21.1 Å². The van der Waals surface area contributed by atoms with Gasteiger partial charge in [0, 0.05) is 26.1 Å². The highest BCUT2D eigenvalue weighted by Gasteiger charge is 2.41. The molecule has 0 radical (unpaired) electrons. The number of carbonyl (C=O) groups excluding carboxylic acids is 1. The number of carbonyl (C=O) groups is 2. The highest BCUT2D eigenvalue weighted by atomic mass is 16.4. The molecule has 1 saturated heterocycles. The zero-order chi connectivity index (χ0) is 19.3. The van der Waals surface area contributed by atoms with Gasteiger partial charge in [-0.05, 0) is 36.2 Å². The second kappa shape index (κ2) is 9.03. The fourth-order valence-electron chi connectivity index (χ4n) is 3.95. The molecule has 1 aromatic carbocycles. The summed E-state index contributed by atoms with van der Waals surface area (Å²) in [4.78, 5) is 23.7. The Morgan fingerprint density at radius 3 is 2.12 bits per heavy atom. The molecule has 2 bridgehead atoms. The van der Waals surface area contributed by atoms with Gasteiger partial charge in [-0.1, -0.05) is 44.2 Å². The number of hydrogen-bond donors (Lipinski definition) is 3. The van der Waals surface area contributed by atoms with Crippen molar-refractivity contribution in [3.8, 4) is 0 Å². The molecule has 1 aliphatic carbocycles. The topological polar surface area (TPSA) is 95.7 Å². The Balaban J connectivity index is 0.000000552. The molecule has 6 nitrogen and oxygen atoms in total. The molecule has 26 heavy (non-hydrogen) atoms. The summed E-state index contributed by atoms with van der Waals surface area (Å²) in [7, 11) is 0. The van der Waals surface area contributed by atoms with E-state index in [-0.39, 0.29) is 12.1 Å². The van der Waals surface area contributed by atoms with Crippen LogP contribution in [0, 0.1) is 17.8 Å². The maximum absolute atomic E-state index is 12.7. The number of nitrogens with two attached hydrogens (primary N) is 1. The minimum Gasteiger partial charge on any atom is -0.481 e. The van der Waals surface area contributed by atoms with Crippen LogP contribution in [0.4, 0.5) is 4.79 Å². The lowest BCUT2D eigenvalue weighted by molar-refractivity contribution is -0.134. The Bertz CT molecular complexity index is 588. The molecule has 2 unspecified atom stereocenters. The molecule has 1 heterocycles. The van der Waals surface area contributed by atoms with E-state index in [0.717, 1.165) is 20.0 Å². The smallest absolute Gasteiger partial charge is 0.317 e. The van der Waals surface area contributed by atoms with E-state index in [1.807, 2.05) is 23.1 Å². The molecule has 0 spiro atoms. The predicted molar refractivity (Wildman–Crippen MR) is 102 cm³/mol. The summed E-state index contributed by atoms with van der Waals surface area (Å²) >= 11 is 0. The summed E-state index contributed by atoms with van der Waals surface area (Å²) in [5.41, 5.74) is 7.40. The molecular weight excluding hydrogens is 330 g/mol. The SMILES string of the molecule is CC(=O)O.CC(C)C(NC(=O)N1C[C@H]2CC[C@@H](C1)C2N)c1ccccc1. The minimum atomic E-state index is -0.833. The number of likely N-dealkylation sites (tertiary alicyclic amines) is 1. The molecule has 0 aromatic heterocycles. The highest BCUT2D eigenvalue weighted by Crippen LogP contribution is 2.35. The first-order valence-corrected chi connectivity index (χ1v) is 9.35. The minimum absolute atomic E-state index is 0.0574. The van der Waals surface area contributed by atoms with Crippen molar-refractivity contribution in [1.29, 1.82) is 0 Å². The number of rotatable bonds is 3. The fraction of sp³-hybridized carbons (Fsp3) is 0.600. The average Bonchev–Trinajstić information content (AvgIpc) is 2.81. The molecule has 2 aliphatic rings. The van der Waals surface area contributed by atoms with Crippen molar-refractivity contribution >= 4 is 12.0 Å². The van der Waals surface area contributed by atoms with Crippen molar-refractivity contribution in [1.82, 2.24) is 10.2 Å². The first-order chi connectivity index (χ1) is 12.3. The van der Waals surface area contributed by atoms with Crippen LogP contribution >= 0.6 is 0 Å². The van der Waals surface area contributed by atoms with E-state index in [1.54, 1.807) is 0 Å². The van der Waals surface area contributed by atoms with E-state index < -0.39 is 5.97 Å². The molecule has 1 aliphatic heterocycles. The van der Waals surface area contributed by atoms with Crippen LogP contribution in [0.3, 0.4) is 0 Å². The Hall–Kier alpha value is -2.08. The van der Waals surface area contributed by atoms with Crippen LogP contribution in [0.1, 0.15) is 45.2 Å². The number of benzene rings is 1. The van der Waals surface area contributed by atoms with Gasteiger partial charge in [-0.3, -0.25) is 4.79 Å². The number of nitrogens with zero attached hydrogens (tertiary/aromatic N) is 1. The summed E-state index contributed by atoms with van der Waals surface area (Å²) < 4.78 is 0. The third-order valence-electron chi connectivity index (χ3n) is 5.30. The first-order valence-electron chi connectivity index (χ1n) is 9.35. The van der Waals surface area contributed by atoms with Crippen LogP contribution in [0.2, 0.25) is 0 Å². The van der Waals surface area contributed by atoms with E-state index in [2.05, 4.69) is 31.3 Å². The lowest BCUT2D eigenvalue weighted by Crippen LogP contribution is -2.54. The van der Waals surface area contributed by atoms with E-state index >= 15 is 0 Å². The largest absolute Gasteiger partial charge is 0.481 e. The lowest BCUT2D eigenvalue weighted by Gasteiger charge is -2.37. The van der Waals surface area contributed by atoms with Crippen molar-refractivity contribution in [3.63, 3.8) is 0 Å². The zero-order valence-corrected chi connectivity index (χ0v) is 15.9. The second-order valence-electron chi connectivity index (χ2n) is 7.68. The van der Waals surface area contributed by atoms with Crippen LogP contribution in [0.15, 0.2) is 30.3 Å². The van der Waals surface area contributed by atoms with Gasteiger partial charge in [-0.15, -0.1) is 0 Å². The molecule has 3 rings (SSSR count). The van der Waals surface area contributed by atoms with Crippen LogP contribution in [0.25, 0.3) is 0 Å². The molecular formula is C20H31N3O3. The number of hydrogen-bond acceptors (Lipinski definition) is 3. The second-order valence-corrected chi connectivity index (χ2v) is 7.68. The van der Waals surface area contributed by atoms with Crippen molar-refractivity contribution in [2.24, 2.45) is 23.5 Å². The number of urea groups is 1. The standard InChI is InChI=1S/C18H27N3O.C2H4O2/c1-12(2)17(13-6-4-3-5-7-13)20-18(22)21-10-14-8-9-15(11-21)16(14)19;1-2(3)4/h3-7,12,14-17H,8-11,19H2,1-2H3,(H,20,22);1H3,(H,3,4)/t14-,15+,16?,17?;. The predicted octanol–water partition coefficient (Wildman–Crippen LogP) is 2.85. The van der Waals surface area contributed by atoms with Crippen molar-refractivity contribution in [2.45, 2.75) is 45.7 Å². The Labute approximate surface area is 155 Å². The summed E-state index contributed by atoms with van der Waals surface area (Å²) in [5, 5.41) is 10.6. The average molecular weight is 361 g/mol. The van der Waals surface area contributed by atoms with Crippen LogP contribution < -0.4 is 11.1 Å². The normalized spacial score (nSPS) is 25.3. The Morgan fingerprint density at radius 1 is 1.15 bits per heavy atom. The number of carboxylic acid groups (broad SMARTS) is 1. The molecule has 2 fully saturated rings. The molecule has 1 aromatic rings.